The molecule has 0 spiro atoms. The Kier molecular flexibility index (Phi) is 3.64. The second kappa shape index (κ2) is 5.47. The van der Waals surface area contributed by atoms with E-state index in [1.165, 1.54) is 4.57 Å². The predicted octanol–water partition coefficient (Wildman–Crippen LogP) is 1.55. The lowest BCUT2D eigenvalue weighted by Gasteiger charge is -2.29. The van der Waals surface area contributed by atoms with Crippen LogP contribution < -0.4 is 16.1 Å². The zero-order valence-electron chi connectivity index (χ0n) is 12.4. The standard InChI is InChI=1S/C15H18FN3O3/c1-2-18-12-9-13(17-6-4-3-5-7-17)11(16)8-10(12)14(20)19(22)15(18)21/h8-9,22H,2-7H2,1H3. The Morgan fingerprint density at radius 2 is 1.86 bits per heavy atom. The van der Waals surface area contributed by atoms with E-state index < -0.39 is 17.1 Å². The van der Waals surface area contributed by atoms with E-state index in [4.69, 9.17) is 0 Å². The number of benzene rings is 1. The van der Waals surface area contributed by atoms with Crippen molar-refractivity contribution in [2.45, 2.75) is 32.7 Å². The van der Waals surface area contributed by atoms with E-state index in [1.807, 2.05) is 4.90 Å². The van der Waals surface area contributed by atoms with Gasteiger partial charge < -0.3 is 10.1 Å². The fraction of sp³-hybridized carbons (Fsp3) is 0.467. The lowest BCUT2D eigenvalue weighted by molar-refractivity contribution is 0.157. The SMILES string of the molecule is CCn1c(=O)n(O)c(=O)c2cc(F)c(N3CCCCC3)cc21. The minimum absolute atomic E-state index is 0.00205. The van der Waals surface area contributed by atoms with Gasteiger partial charge in [0.15, 0.2) is 0 Å². The molecule has 1 saturated heterocycles. The summed E-state index contributed by atoms with van der Waals surface area (Å²) in [7, 11) is 0. The average Bonchev–Trinajstić information content (AvgIpc) is 2.54. The third-order valence-corrected chi connectivity index (χ3v) is 4.20. The number of rotatable bonds is 2. The Balaban J connectivity index is 2.30. The topological polar surface area (TPSA) is 67.5 Å². The number of hydrogen-bond donors (Lipinski definition) is 1. The van der Waals surface area contributed by atoms with Crippen molar-refractivity contribution in [1.29, 1.82) is 0 Å². The summed E-state index contributed by atoms with van der Waals surface area (Å²) in [5.41, 5.74) is -0.946. The molecule has 1 fully saturated rings. The van der Waals surface area contributed by atoms with Crippen LogP contribution in [0.3, 0.4) is 0 Å². The van der Waals surface area contributed by atoms with Gasteiger partial charge >= 0.3 is 5.69 Å². The molecular weight excluding hydrogens is 289 g/mol. The molecule has 0 saturated carbocycles. The number of halogens is 1. The van der Waals surface area contributed by atoms with Gasteiger partial charge in [0.25, 0.3) is 5.56 Å². The summed E-state index contributed by atoms with van der Waals surface area (Å²) in [6, 6.07) is 2.65. The van der Waals surface area contributed by atoms with Crippen LogP contribution in [0.1, 0.15) is 26.2 Å². The molecular formula is C15H18FN3O3. The normalized spacial score (nSPS) is 15.5. The summed E-state index contributed by atoms with van der Waals surface area (Å²) in [5.74, 6) is -0.507. The minimum Gasteiger partial charge on any atom is -0.421 e. The summed E-state index contributed by atoms with van der Waals surface area (Å²) >= 11 is 0. The van der Waals surface area contributed by atoms with E-state index >= 15 is 0 Å². The molecule has 0 amide bonds. The van der Waals surface area contributed by atoms with Gasteiger partial charge in [0.1, 0.15) is 5.82 Å². The van der Waals surface area contributed by atoms with E-state index in [-0.39, 0.29) is 16.7 Å². The summed E-state index contributed by atoms with van der Waals surface area (Å²) in [6.45, 7) is 3.53. The molecule has 0 bridgehead atoms. The van der Waals surface area contributed by atoms with Crippen molar-refractivity contribution in [3.63, 3.8) is 0 Å². The summed E-state index contributed by atoms with van der Waals surface area (Å²) in [4.78, 5) is 25.9. The zero-order valence-corrected chi connectivity index (χ0v) is 12.4. The van der Waals surface area contributed by atoms with Crippen molar-refractivity contribution in [1.82, 2.24) is 9.30 Å². The Labute approximate surface area is 126 Å². The molecule has 6 nitrogen and oxygen atoms in total. The van der Waals surface area contributed by atoms with Gasteiger partial charge in [-0.2, -0.15) is 0 Å². The van der Waals surface area contributed by atoms with Crippen molar-refractivity contribution in [2.24, 2.45) is 0 Å². The van der Waals surface area contributed by atoms with E-state index in [0.717, 1.165) is 38.4 Å². The van der Waals surface area contributed by atoms with Crippen LogP contribution in [-0.4, -0.2) is 27.6 Å². The van der Waals surface area contributed by atoms with Gasteiger partial charge in [-0.15, -0.1) is 0 Å². The molecule has 1 aliphatic rings. The monoisotopic (exact) mass is 307 g/mol. The molecule has 0 radical (unpaired) electrons. The van der Waals surface area contributed by atoms with Crippen molar-refractivity contribution in [3.8, 4) is 0 Å². The second-order valence-corrected chi connectivity index (χ2v) is 5.51. The van der Waals surface area contributed by atoms with Gasteiger partial charge in [0.2, 0.25) is 0 Å². The highest BCUT2D eigenvalue weighted by Gasteiger charge is 2.19. The molecule has 0 atom stereocenters. The maximum Gasteiger partial charge on any atom is 0.364 e. The number of piperidine rings is 1. The van der Waals surface area contributed by atoms with Gasteiger partial charge in [-0.1, -0.05) is 4.73 Å². The molecule has 3 rings (SSSR count). The Morgan fingerprint density at radius 1 is 1.18 bits per heavy atom. The van der Waals surface area contributed by atoms with Crippen molar-refractivity contribution < 1.29 is 9.60 Å². The number of aryl methyl sites for hydroxylation is 1. The van der Waals surface area contributed by atoms with Crippen LogP contribution in [0.2, 0.25) is 0 Å². The highest BCUT2D eigenvalue weighted by molar-refractivity contribution is 5.82. The molecule has 118 valence electrons. The van der Waals surface area contributed by atoms with Crippen LogP contribution >= 0.6 is 0 Å². The fourth-order valence-corrected chi connectivity index (χ4v) is 3.05. The molecule has 1 aromatic heterocycles. The van der Waals surface area contributed by atoms with Gasteiger partial charge in [0, 0.05) is 19.6 Å². The quantitative estimate of drug-likeness (QED) is 0.855. The first-order valence-corrected chi connectivity index (χ1v) is 7.48. The number of fused-ring (bicyclic) bond motifs is 1. The Morgan fingerprint density at radius 3 is 2.50 bits per heavy atom. The predicted molar refractivity (Wildman–Crippen MR) is 81.3 cm³/mol. The molecule has 0 aliphatic carbocycles. The van der Waals surface area contributed by atoms with Crippen LogP contribution in [0.4, 0.5) is 10.1 Å². The molecule has 1 N–H and O–H groups in total. The number of anilines is 1. The first-order chi connectivity index (χ1) is 10.5. The van der Waals surface area contributed by atoms with Gasteiger partial charge in [-0.25, -0.2) is 9.18 Å². The smallest absolute Gasteiger partial charge is 0.364 e. The molecule has 7 heteroatoms. The average molecular weight is 307 g/mol. The van der Waals surface area contributed by atoms with Crippen molar-refractivity contribution in [3.05, 3.63) is 38.8 Å². The Bertz CT molecular complexity index is 835. The second-order valence-electron chi connectivity index (χ2n) is 5.51. The molecule has 22 heavy (non-hydrogen) atoms. The largest absolute Gasteiger partial charge is 0.421 e. The van der Waals surface area contributed by atoms with Crippen LogP contribution in [-0.2, 0) is 6.54 Å². The highest BCUT2D eigenvalue weighted by Crippen LogP contribution is 2.26. The number of hydrogen-bond acceptors (Lipinski definition) is 4. The van der Waals surface area contributed by atoms with Crippen molar-refractivity contribution >= 4 is 16.6 Å². The summed E-state index contributed by atoms with van der Waals surface area (Å²) in [5, 5.41) is 9.57. The lowest BCUT2D eigenvalue weighted by Crippen LogP contribution is -2.39. The van der Waals surface area contributed by atoms with E-state index in [2.05, 4.69) is 0 Å². The number of nitrogens with zero attached hydrogens (tertiary/aromatic N) is 3. The molecule has 1 aromatic carbocycles. The summed E-state index contributed by atoms with van der Waals surface area (Å²) < 4.78 is 15.7. The molecule has 1 aliphatic heterocycles. The van der Waals surface area contributed by atoms with Crippen molar-refractivity contribution in [2.75, 3.05) is 18.0 Å². The maximum absolute atomic E-state index is 14.4. The van der Waals surface area contributed by atoms with Crippen LogP contribution in [0.25, 0.3) is 10.9 Å². The van der Waals surface area contributed by atoms with Crippen LogP contribution in [0.15, 0.2) is 21.7 Å². The van der Waals surface area contributed by atoms with Gasteiger partial charge in [-0.05, 0) is 38.3 Å². The fourth-order valence-electron chi connectivity index (χ4n) is 3.05. The van der Waals surface area contributed by atoms with Gasteiger partial charge in [0.05, 0.1) is 16.6 Å². The zero-order chi connectivity index (χ0) is 15.9. The van der Waals surface area contributed by atoms with E-state index in [1.54, 1.807) is 13.0 Å². The minimum atomic E-state index is -0.895. The first kappa shape index (κ1) is 14.6. The first-order valence-electron chi connectivity index (χ1n) is 7.48. The molecule has 0 unspecified atom stereocenters. The Hall–Kier alpha value is -2.31. The summed E-state index contributed by atoms with van der Waals surface area (Å²) in [6.07, 6.45) is 3.12. The molecule has 2 heterocycles. The van der Waals surface area contributed by atoms with E-state index in [9.17, 15) is 19.2 Å². The third kappa shape index (κ3) is 2.17. The molecule has 2 aromatic rings. The van der Waals surface area contributed by atoms with Crippen LogP contribution in [0.5, 0.6) is 0 Å². The maximum atomic E-state index is 14.4. The van der Waals surface area contributed by atoms with Gasteiger partial charge in [-0.3, -0.25) is 9.36 Å². The highest BCUT2D eigenvalue weighted by atomic mass is 19.1. The number of aromatic nitrogens is 2. The lowest BCUT2D eigenvalue weighted by atomic mass is 10.1. The third-order valence-electron chi connectivity index (χ3n) is 4.20. The van der Waals surface area contributed by atoms with Crippen LogP contribution in [0, 0.1) is 5.82 Å². The van der Waals surface area contributed by atoms with E-state index in [0.29, 0.717) is 11.2 Å².